The maximum atomic E-state index is 2.43. The van der Waals surface area contributed by atoms with Crippen molar-refractivity contribution in [1.29, 1.82) is 0 Å². The van der Waals surface area contributed by atoms with Crippen molar-refractivity contribution in [3.63, 3.8) is 0 Å². The van der Waals surface area contributed by atoms with E-state index in [1.165, 1.54) is 82.1 Å². The third kappa shape index (κ3) is 3.65. The van der Waals surface area contributed by atoms with Crippen LogP contribution in [-0.2, 0) is 0 Å². The van der Waals surface area contributed by atoms with Crippen LogP contribution < -0.4 is 0 Å². The fourth-order valence-corrected chi connectivity index (χ4v) is 7.05. The van der Waals surface area contributed by atoms with E-state index in [0.717, 1.165) is 0 Å². The van der Waals surface area contributed by atoms with Crippen LogP contribution in [0.3, 0.4) is 0 Å². The lowest BCUT2D eigenvalue weighted by atomic mass is 9.90. The molecule has 0 aliphatic heterocycles. The molecule has 0 atom stereocenters. The van der Waals surface area contributed by atoms with E-state index in [1.54, 1.807) is 0 Å². The summed E-state index contributed by atoms with van der Waals surface area (Å²) in [4.78, 5) is 0. The third-order valence-corrected chi connectivity index (χ3v) is 8.94. The lowest BCUT2D eigenvalue weighted by Gasteiger charge is -2.15. The zero-order valence-electron chi connectivity index (χ0n) is 23.5. The van der Waals surface area contributed by atoms with Crippen molar-refractivity contribution in [2.75, 3.05) is 0 Å². The van der Waals surface area contributed by atoms with Crippen LogP contribution in [0.5, 0.6) is 0 Å². The topological polar surface area (TPSA) is 4.93 Å². The molecule has 0 spiro atoms. The van der Waals surface area contributed by atoms with Crippen molar-refractivity contribution in [2.45, 2.75) is 0 Å². The van der Waals surface area contributed by atoms with Gasteiger partial charge in [-0.15, -0.1) is 0 Å². The number of nitrogens with zero attached hydrogens (tertiary/aromatic N) is 1. The number of aromatic nitrogens is 1. The largest absolute Gasteiger partial charge is 0.309 e. The van der Waals surface area contributed by atoms with Gasteiger partial charge in [0.1, 0.15) is 0 Å². The zero-order valence-corrected chi connectivity index (χ0v) is 23.5. The molecule has 8 aromatic carbocycles. The van der Waals surface area contributed by atoms with E-state index in [2.05, 4.69) is 168 Å². The number of rotatable bonds is 3. The highest BCUT2D eigenvalue weighted by atomic mass is 15.0. The van der Waals surface area contributed by atoms with E-state index in [9.17, 15) is 0 Å². The molecule has 0 fully saturated rings. The van der Waals surface area contributed by atoms with Gasteiger partial charge in [0.25, 0.3) is 0 Å². The van der Waals surface area contributed by atoms with Crippen LogP contribution in [-0.4, -0.2) is 4.57 Å². The number of para-hydroxylation sites is 2. The average molecular weight is 546 g/mol. The first kappa shape index (κ1) is 24.0. The maximum absolute atomic E-state index is 2.43. The second-order valence-corrected chi connectivity index (χ2v) is 11.3. The van der Waals surface area contributed by atoms with Gasteiger partial charge >= 0.3 is 0 Å². The molecule has 0 saturated carbocycles. The van der Waals surface area contributed by atoms with E-state index < -0.39 is 0 Å². The summed E-state index contributed by atoms with van der Waals surface area (Å²) in [6.45, 7) is 0. The van der Waals surface area contributed by atoms with Crippen molar-refractivity contribution in [1.82, 2.24) is 4.57 Å². The second kappa shape index (κ2) is 9.44. The highest BCUT2D eigenvalue weighted by Crippen LogP contribution is 2.42. The molecule has 1 heteroatoms. The van der Waals surface area contributed by atoms with Crippen LogP contribution in [0.1, 0.15) is 0 Å². The minimum Gasteiger partial charge on any atom is -0.309 e. The number of fused-ring (bicyclic) bond motifs is 8. The molecular formula is C42H27N. The van der Waals surface area contributed by atoms with Crippen molar-refractivity contribution >= 4 is 54.1 Å². The van der Waals surface area contributed by atoms with E-state index in [0.29, 0.717) is 0 Å². The molecule has 1 heterocycles. The molecule has 43 heavy (non-hydrogen) atoms. The number of benzene rings is 8. The van der Waals surface area contributed by atoms with Crippen LogP contribution in [0.4, 0.5) is 0 Å². The van der Waals surface area contributed by atoms with Gasteiger partial charge in [-0.2, -0.15) is 0 Å². The molecule has 0 N–H and O–H groups in total. The Bertz CT molecular complexity index is 2500. The van der Waals surface area contributed by atoms with Gasteiger partial charge in [-0.1, -0.05) is 127 Å². The summed E-state index contributed by atoms with van der Waals surface area (Å²) in [6.07, 6.45) is 0. The Hall–Kier alpha value is -5.66. The first-order valence-corrected chi connectivity index (χ1v) is 14.9. The van der Waals surface area contributed by atoms with Crippen molar-refractivity contribution in [3.05, 3.63) is 164 Å². The van der Waals surface area contributed by atoms with E-state index >= 15 is 0 Å². The summed E-state index contributed by atoms with van der Waals surface area (Å²) in [5, 5.41) is 10.2. The Morgan fingerprint density at radius 3 is 1.65 bits per heavy atom. The highest BCUT2D eigenvalue weighted by Gasteiger charge is 2.18. The summed E-state index contributed by atoms with van der Waals surface area (Å²) < 4.78 is 2.43. The van der Waals surface area contributed by atoms with Crippen molar-refractivity contribution in [3.8, 4) is 27.9 Å². The fraction of sp³-hybridized carbons (Fsp3) is 0. The molecule has 0 amide bonds. The van der Waals surface area contributed by atoms with Crippen LogP contribution in [0.15, 0.2) is 164 Å². The SMILES string of the molecule is c1ccc(-n2c3ccccc3c3cc(-c4cccc(-c5cc6ccccc6c6ccccc56)c4)c4ccccc4c32)cc1. The molecule has 0 aliphatic rings. The Labute approximate surface area is 249 Å². The van der Waals surface area contributed by atoms with Gasteiger partial charge in [0.2, 0.25) is 0 Å². The van der Waals surface area contributed by atoms with Gasteiger partial charge in [0.05, 0.1) is 11.0 Å². The second-order valence-electron chi connectivity index (χ2n) is 11.3. The number of hydrogen-bond donors (Lipinski definition) is 0. The lowest BCUT2D eigenvalue weighted by Crippen LogP contribution is -1.94. The standard InChI is InChI=1S/C42H27N/c1-2-16-31(17-3-1)43-41-24-11-10-22-36(41)40-27-39(35-21-8-9-23-37(35)42(40)43)29-15-12-14-28(25-29)38-26-30-13-4-5-18-32(30)33-19-6-7-20-34(33)38/h1-27H. The van der Waals surface area contributed by atoms with Crippen LogP contribution in [0.2, 0.25) is 0 Å². The van der Waals surface area contributed by atoms with Crippen LogP contribution >= 0.6 is 0 Å². The van der Waals surface area contributed by atoms with E-state index in [1.807, 2.05) is 0 Å². The van der Waals surface area contributed by atoms with Crippen LogP contribution in [0, 0.1) is 0 Å². The van der Waals surface area contributed by atoms with E-state index in [4.69, 9.17) is 0 Å². The fourth-order valence-electron chi connectivity index (χ4n) is 7.05. The smallest absolute Gasteiger partial charge is 0.0619 e. The summed E-state index contributed by atoms with van der Waals surface area (Å²) >= 11 is 0. The monoisotopic (exact) mass is 545 g/mol. The van der Waals surface area contributed by atoms with Gasteiger partial charge < -0.3 is 4.57 Å². The molecule has 9 aromatic rings. The first-order valence-electron chi connectivity index (χ1n) is 14.9. The molecule has 1 aromatic heterocycles. The third-order valence-electron chi connectivity index (χ3n) is 8.94. The quantitative estimate of drug-likeness (QED) is 0.195. The zero-order chi connectivity index (χ0) is 28.3. The maximum Gasteiger partial charge on any atom is 0.0619 e. The Morgan fingerprint density at radius 2 is 0.884 bits per heavy atom. The van der Waals surface area contributed by atoms with Gasteiger partial charge in [-0.3, -0.25) is 0 Å². The summed E-state index contributed by atoms with van der Waals surface area (Å²) in [5.41, 5.74) is 8.63. The summed E-state index contributed by atoms with van der Waals surface area (Å²) in [6, 6.07) is 59.7. The Morgan fingerprint density at radius 1 is 0.326 bits per heavy atom. The minimum atomic E-state index is 1.18. The normalized spacial score (nSPS) is 11.7. The Kier molecular flexibility index (Phi) is 5.27. The lowest BCUT2D eigenvalue weighted by molar-refractivity contribution is 1.19. The van der Waals surface area contributed by atoms with Crippen molar-refractivity contribution in [2.24, 2.45) is 0 Å². The summed E-state index contributed by atoms with van der Waals surface area (Å²) in [5.74, 6) is 0. The van der Waals surface area contributed by atoms with Gasteiger partial charge in [-0.25, -0.2) is 0 Å². The van der Waals surface area contributed by atoms with Gasteiger partial charge in [-0.05, 0) is 85.6 Å². The molecule has 0 bridgehead atoms. The minimum absolute atomic E-state index is 1.18. The molecule has 1 nitrogen and oxygen atoms in total. The molecule has 0 aliphatic carbocycles. The average Bonchev–Trinajstić information content (AvgIpc) is 3.42. The number of hydrogen-bond acceptors (Lipinski definition) is 0. The highest BCUT2D eigenvalue weighted by molar-refractivity contribution is 6.22. The predicted molar refractivity (Wildman–Crippen MR) is 184 cm³/mol. The first-order chi connectivity index (χ1) is 21.3. The molecule has 9 rings (SSSR count). The molecule has 0 radical (unpaired) electrons. The summed E-state index contributed by atoms with van der Waals surface area (Å²) in [7, 11) is 0. The van der Waals surface area contributed by atoms with E-state index in [-0.39, 0.29) is 0 Å². The molecule has 0 saturated heterocycles. The van der Waals surface area contributed by atoms with Gasteiger partial charge in [0.15, 0.2) is 0 Å². The van der Waals surface area contributed by atoms with Gasteiger partial charge in [0, 0.05) is 21.8 Å². The molecule has 0 unspecified atom stereocenters. The predicted octanol–water partition coefficient (Wildman–Crippen LogP) is 11.6. The Balaban J connectivity index is 1.34. The molecular weight excluding hydrogens is 518 g/mol. The van der Waals surface area contributed by atoms with Crippen LogP contribution in [0.25, 0.3) is 82.1 Å². The molecule has 200 valence electrons. The van der Waals surface area contributed by atoms with Crippen molar-refractivity contribution < 1.29 is 0 Å².